The van der Waals surface area contributed by atoms with Crippen molar-refractivity contribution in [2.75, 3.05) is 6.66 Å². The smallest absolute Gasteiger partial charge is 0.154 e. The molecule has 0 heterocycles. The van der Waals surface area contributed by atoms with E-state index < -0.39 is 15.2 Å². The molecule has 0 saturated carbocycles. The average Bonchev–Trinajstić information content (AvgIpc) is 2.81. The fourth-order valence-electron chi connectivity index (χ4n) is 3.31. The van der Waals surface area contributed by atoms with E-state index in [-0.39, 0.29) is 24.0 Å². The van der Waals surface area contributed by atoms with Gasteiger partial charge >= 0.3 is 0 Å². The number of hydrogen-bond donors (Lipinski definition) is 0. The van der Waals surface area contributed by atoms with Gasteiger partial charge in [0.25, 0.3) is 0 Å². The summed E-state index contributed by atoms with van der Waals surface area (Å²) in [4.78, 5) is 0. The molecule has 0 unspecified atom stereocenters. The van der Waals surface area contributed by atoms with Crippen LogP contribution in [0.3, 0.4) is 0 Å². The minimum atomic E-state index is -1.81. The Kier molecular flexibility index (Phi) is 8.24. The third-order valence-electron chi connectivity index (χ3n) is 4.96. The van der Waals surface area contributed by atoms with E-state index in [0.29, 0.717) is 0 Å². The van der Waals surface area contributed by atoms with E-state index >= 15 is 0 Å². The minimum absolute atomic E-state index is 0. The van der Waals surface area contributed by atoms with Crippen LogP contribution in [0.2, 0.25) is 0 Å². The molecule has 0 aliphatic heterocycles. The highest BCUT2D eigenvalue weighted by Crippen LogP contribution is 2.52. The first-order chi connectivity index (χ1) is 14.3. The molecule has 0 radical (unpaired) electrons. The van der Waals surface area contributed by atoms with Gasteiger partial charge < -0.3 is 24.0 Å². The van der Waals surface area contributed by atoms with E-state index in [9.17, 15) is 0 Å². The van der Waals surface area contributed by atoms with Crippen molar-refractivity contribution in [3.8, 4) is 11.3 Å². The average molecular weight is 536 g/mol. The zero-order valence-corrected chi connectivity index (χ0v) is 20.8. The van der Waals surface area contributed by atoms with Gasteiger partial charge in [-0.1, -0.05) is 97.1 Å². The number of benzene rings is 4. The molecule has 0 spiro atoms. The Morgan fingerprint density at radius 1 is 0.533 bits per heavy atom. The van der Waals surface area contributed by atoms with Crippen LogP contribution in [0.5, 0.6) is 0 Å². The summed E-state index contributed by atoms with van der Waals surface area (Å²) in [5, 5.41) is 5.26. The molecule has 30 heavy (non-hydrogen) atoms. The Morgan fingerprint density at radius 3 is 1.23 bits per heavy atom. The fraction of sp³-hybridized carbons (Fsp3) is 0.0370. The van der Waals surface area contributed by atoms with Crippen LogP contribution in [0.1, 0.15) is 0 Å². The van der Waals surface area contributed by atoms with Gasteiger partial charge in [-0.3, -0.25) is 0 Å². The van der Waals surface area contributed by atoms with Gasteiger partial charge in [0.1, 0.15) is 10.6 Å². The Balaban J connectivity index is 0.00000256. The third-order valence-corrected chi connectivity index (χ3v) is 10.3. The van der Waals surface area contributed by atoms with Crippen molar-refractivity contribution in [2.45, 2.75) is 0 Å². The number of hydrogen-bond acceptors (Lipinski definition) is 0. The summed E-state index contributed by atoms with van der Waals surface area (Å²) in [6, 6.07) is 42.9. The van der Waals surface area contributed by atoms with Crippen molar-refractivity contribution in [2.24, 2.45) is 0 Å². The largest absolute Gasteiger partial charge is 1.00 e. The second-order valence-corrected chi connectivity index (χ2v) is 12.1. The SMILES string of the molecule is C[P+](C#CP(c1ccccc1)c1ccccc1)(c1ccccc1)c1ccccc1.[I-]. The summed E-state index contributed by atoms with van der Waals surface area (Å²) < 4.78 is 0. The van der Waals surface area contributed by atoms with Crippen LogP contribution in [-0.4, -0.2) is 6.66 Å². The predicted octanol–water partition coefficient (Wildman–Crippen LogP) is 2.34. The van der Waals surface area contributed by atoms with Gasteiger partial charge in [-0.2, -0.15) is 0 Å². The summed E-state index contributed by atoms with van der Waals surface area (Å²) in [7, 11) is -2.54. The van der Waals surface area contributed by atoms with Crippen LogP contribution in [0.25, 0.3) is 0 Å². The normalized spacial score (nSPS) is 10.6. The lowest BCUT2D eigenvalue weighted by Gasteiger charge is -2.17. The summed E-state index contributed by atoms with van der Waals surface area (Å²) in [6.07, 6.45) is 0. The maximum Gasteiger partial charge on any atom is 0.154 e. The molecule has 0 N–H and O–H groups in total. The Labute approximate surface area is 198 Å². The molecule has 0 fully saturated rings. The molecular weight excluding hydrogens is 513 g/mol. The maximum atomic E-state index is 3.82. The molecule has 0 amide bonds. The number of rotatable bonds is 4. The van der Waals surface area contributed by atoms with E-state index in [4.69, 9.17) is 0 Å². The molecule has 0 aliphatic rings. The lowest BCUT2D eigenvalue weighted by atomic mass is 10.4. The van der Waals surface area contributed by atoms with Crippen LogP contribution in [0.4, 0.5) is 0 Å². The molecule has 3 heteroatoms. The molecule has 0 bridgehead atoms. The summed E-state index contributed by atoms with van der Waals surface area (Å²) >= 11 is 0. The fourth-order valence-corrected chi connectivity index (χ4v) is 8.10. The first-order valence-corrected chi connectivity index (χ1v) is 13.3. The van der Waals surface area contributed by atoms with Gasteiger partial charge in [0.05, 0.1) is 12.3 Å². The van der Waals surface area contributed by atoms with Gasteiger partial charge in [0, 0.05) is 7.92 Å². The molecule has 0 atom stereocenters. The molecule has 0 nitrogen and oxygen atoms in total. The van der Waals surface area contributed by atoms with Crippen LogP contribution >= 0.6 is 15.2 Å². The van der Waals surface area contributed by atoms with E-state index in [1.807, 2.05) is 0 Å². The highest BCUT2D eigenvalue weighted by Gasteiger charge is 2.36. The van der Waals surface area contributed by atoms with E-state index in [1.165, 1.54) is 21.2 Å². The van der Waals surface area contributed by atoms with E-state index in [0.717, 1.165) is 0 Å². The highest BCUT2D eigenvalue weighted by atomic mass is 127. The summed E-state index contributed by atoms with van der Waals surface area (Å²) in [5.74, 6) is 0. The van der Waals surface area contributed by atoms with Crippen LogP contribution in [-0.2, 0) is 0 Å². The standard InChI is InChI=1S/C27H23P2.HI/c1-29(26-18-10-4-11-19-26,27-20-12-5-13-21-27)23-22-28(24-14-6-2-7-15-24)25-16-8-3-9-17-25;/h2-21H,1H3;1H/q+1;/p-1. The quantitative estimate of drug-likeness (QED) is 0.214. The molecule has 148 valence electrons. The van der Waals surface area contributed by atoms with Crippen molar-refractivity contribution in [3.63, 3.8) is 0 Å². The van der Waals surface area contributed by atoms with Gasteiger partial charge in [0.2, 0.25) is 0 Å². The lowest BCUT2D eigenvalue weighted by molar-refractivity contribution is -0.00000554. The van der Waals surface area contributed by atoms with Crippen molar-refractivity contribution in [3.05, 3.63) is 121 Å². The van der Waals surface area contributed by atoms with Crippen LogP contribution in [0, 0.1) is 11.3 Å². The van der Waals surface area contributed by atoms with Gasteiger partial charge in [-0.05, 0) is 40.5 Å². The second-order valence-electron chi connectivity index (χ2n) is 6.91. The summed E-state index contributed by atoms with van der Waals surface area (Å²) in [6.45, 7) is 2.34. The first-order valence-electron chi connectivity index (χ1n) is 9.68. The van der Waals surface area contributed by atoms with E-state index in [2.05, 4.69) is 139 Å². The maximum absolute atomic E-state index is 3.82. The monoisotopic (exact) mass is 536 g/mol. The predicted molar refractivity (Wildman–Crippen MR) is 132 cm³/mol. The van der Waals surface area contributed by atoms with Crippen molar-refractivity contribution in [1.82, 2.24) is 0 Å². The Hall–Kier alpha value is -1.97. The minimum Gasteiger partial charge on any atom is -1.00 e. The molecule has 0 aliphatic carbocycles. The molecule has 4 rings (SSSR count). The highest BCUT2D eigenvalue weighted by molar-refractivity contribution is 7.93. The zero-order chi connectivity index (χ0) is 19.9. The first kappa shape index (κ1) is 22.7. The topological polar surface area (TPSA) is 0 Å². The third kappa shape index (κ3) is 5.19. The Morgan fingerprint density at radius 2 is 0.867 bits per heavy atom. The molecule has 0 aromatic heterocycles. The van der Waals surface area contributed by atoms with Crippen molar-refractivity contribution >= 4 is 36.4 Å². The second kappa shape index (κ2) is 10.9. The molecular formula is C27H23IP2. The van der Waals surface area contributed by atoms with Crippen molar-refractivity contribution < 1.29 is 24.0 Å². The number of halogens is 1. The lowest BCUT2D eigenvalue weighted by Crippen LogP contribution is -3.00. The van der Waals surface area contributed by atoms with Gasteiger partial charge in [-0.25, -0.2) is 0 Å². The van der Waals surface area contributed by atoms with Gasteiger partial charge in [0.15, 0.2) is 7.26 Å². The molecule has 4 aromatic carbocycles. The van der Waals surface area contributed by atoms with Gasteiger partial charge in [-0.15, -0.1) is 0 Å². The Bertz CT molecular complexity index is 1020. The van der Waals surface area contributed by atoms with E-state index in [1.54, 1.807) is 0 Å². The zero-order valence-electron chi connectivity index (χ0n) is 16.8. The van der Waals surface area contributed by atoms with Crippen LogP contribution in [0.15, 0.2) is 121 Å². The molecule has 0 saturated heterocycles. The summed E-state index contributed by atoms with van der Waals surface area (Å²) in [5.41, 5.74) is 7.57. The molecule has 4 aromatic rings. The van der Waals surface area contributed by atoms with Crippen LogP contribution < -0.4 is 45.2 Å². The van der Waals surface area contributed by atoms with Crippen molar-refractivity contribution in [1.29, 1.82) is 0 Å².